The number of hydrogen-bond donors (Lipinski definition) is 2. The van der Waals surface area contributed by atoms with E-state index in [1.807, 2.05) is 4.72 Å². The highest BCUT2D eigenvalue weighted by Gasteiger charge is 2.24. The summed E-state index contributed by atoms with van der Waals surface area (Å²) in [6, 6.07) is 1.58. The normalized spacial score (nSPS) is 11.7. The number of sulfonamides is 1. The Balaban J connectivity index is 2.47. The Kier molecular flexibility index (Phi) is 4.66. The second-order valence-corrected chi connectivity index (χ2v) is 7.62. The van der Waals surface area contributed by atoms with Crippen molar-refractivity contribution in [2.75, 3.05) is 4.72 Å². The van der Waals surface area contributed by atoms with Crippen molar-refractivity contribution in [3.63, 3.8) is 0 Å². The third-order valence-electron chi connectivity index (χ3n) is 2.66. The van der Waals surface area contributed by atoms with E-state index in [9.17, 15) is 22.3 Å². The van der Waals surface area contributed by atoms with Crippen molar-refractivity contribution in [3.8, 4) is 0 Å². The molecule has 2 N–H and O–H groups in total. The number of aryl methyl sites for hydroxylation is 1. The van der Waals surface area contributed by atoms with Crippen LogP contribution in [0.15, 0.2) is 26.9 Å². The number of benzene rings is 1. The second kappa shape index (κ2) is 5.99. The molecule has 0 aliphatic heterocycles. The largest absolute Gasteiger partial charge is 0.391 e. The van der Waals surface area contributed by atoms with Crippen LogP contribution < -0.4 is 4.72 Å². The van der Waals surface area contributed by atoms with Crippen LogP contribution in [0.2, 0.25) is 0 Å². The summed E-state index contributed by atoms with van der Waals surface area (Å²) in [6.45, 7) is 1.11. The van der Waals surface area contributed by atoms with E-state index >= 15 is 0 Å². The first-order chi connectivity index (χ1) is 9.76. The van der Waals surface area contributed by atoms with E-state index in [0.717, 1.165) is 23.5 Å². The van der Waals surface area contributed by atoms with Gasteiger partial charge in [0.15, 0.2) is 0 Å². The van der Waals surface area contributed by atoms with Crippen LogP contribution in [-0.4, -0.2) is 13.5 Å². The number of aliphatic hydroxyl groups excluding tert-OH is 1. The van der Waals surface area contributed by atoms with Crippen molar-refractivity contribution in [3.05, 3.63) is 44.1 Å². The molecule has 0 spiro atoms. The molecule has 0 aliphatic rings. The number of hydrogen-bond acceptors (Lipinski definition) is 4. The van der Waals surface area contributed by atoms with E-state index < -0.39 is 34.0 Å². The number of anilines is 1. The fraction of sp³-hybridized carbons (Fsp3) is 0.167. The highest BCUT2D eigenvalue weighted by Crippen LogP contribution is 2.30. The minimum Gasteiger partial charge on any atom is -0.391 e. The summed E-state index contributed by atoms with van der Waals surface area (Å²) < 4.78 is 53.6. The average molecular weight is 398 g/mol. The maximum Gasteiger partial charge on any atom is 0.263 e. The SMILES string of the molecule is Cc1csc(CO)c1S(=O)(=O)Nc1cc(F)c(Br)cc1F. The second-order valence-electron chi connectivity index (χ2n) is 4.18. The molecule has 1 aromatic heterocycles. The average Bonchev–Trinajstić information content (AvgIpc) is 2.77. The van der Waals surface area contributed by atoms with Crippen LogP contribution >= 0.6 is 27.3 Å². The number of rotatable bonds is 4. The van der Waals surface area contributed by atoms with Crippen molar-refractivity contribution >= 4 is 43.0 Å². The molecule has 2 aromatic rings. The van der Waals surface area contributed by atoms with Gasteiger partial charge in [0.05, 0.1) is 21.6 Å². The zero-order chi connectivity index (χ0) is 15.8. The van der Waals surface area contributed by atoms with E-state index in [-0.39, 0.29) is 14.2 Å². The molecule has 1 aromatic carbocycles. The Labute approximate surface area is 132 Å². The molecular weight excluding hydrogens is 388 g/mol. The summed E-state index contributed by atoms with van der Waals surface area (Å²) in [5.74, 6) is -1.70. The van der Waals surface area contributed by atoms with Gasteiger partial charge in [0, 0.05) is 6.07 Å². The Morgan fingerprint density at radius 3 is 2.62 bits per heavy atom. The van der Waals surface area contributed by atoms with E-state index in [0.29, 0.717) is 5.56 Å². The topological polar surface area (TPSA) is 66.4 Å². The predicted molar refractivity (Wildman–Crippen MR) is 79.8 cm³/mol. The van der Waals surface area contributed by atoms with Gasteiger partial charge in [-0.3, -0.25) is 4.72 Å². The fourth-order valence-corrected chi connectivity index (χ4v) is 4.79. The number of aliphatic hydroxyl groups is 1. The number of nitrogens with one attached hydrogen (secondary N) is 1. The molecule has 0 radical (unpaired) electrons. The quantitative estimate of drug-likeness (QED) is 0.776. The van der Waals surface area contributed by atoms with E-state index in [4.69, 9.17) is 0 Å². The third kappa shape index (κ3) is 3.25. The molecule has 0 atom stereocenters. The van der Waals surface area contributed by atoms with Crippen molar-refractivity contribution < 1.29 is 22.3 Å². The molecule has 114 valence electrons. The lowest BCUT2D eigenvalue weighted by Gasteiger charge is -2.11. The Bertz CT molecular complexity index is 790. The zero-order valence-corrected chi connectivity index (χ0v) is 13.9. The third-order valence-corrected chi connectivity index (χ3v) is 6.08. The molecule has 0 saturated carbocycles. The van der Waals surface area contributed by atoms with E-state index in [1.54, 1.807) is 12.3 Å². The molecule has 9 heteroatoms. The molecular formula is C12H10BrF2NO3S2. The molecule has 0 unspecified atom stereocenters. The minimum absolute atomic E-state index is 0.106. The maximum absolute atomic E-state index is 13.7. The van der Waals surface area contributed by atoms with Crippen LogP contribution in [0, 0.1) is 18.6 Å². The van der Waals surface area contributed by atoms with Gasteiger partial charge in [-0.25, -0.2) is 17.2 Å². The smallest absolute Gasteiger partial charge is 0.263 e. The van der Waals surface area contributed by atoms with Crippen molar-refractivity contribution in [1.82, 2.24) is 0 Å². The van der Waals surface area contributed by atoms with Gasteiger partial charge in [-0.05, 0) is 39.9 Å². The van der Waals surface area contributed by atoms with Gasteiger partial charge in [-0.2, -0.15) is 0 Å². The zero-order valence-electron chi connectivity index (χ0n) is 10.7. The number of halogens is 3. The minimum atomic E-state index is -4.12. The van der Waals surface area contributed by atoms with Crippen molar-refractivity contribution in [2.45, 2.75) is 18.4 Å². The van der Waals surface area contributed by atoms with Crippen LogP contribution in [0.5, 0.6) is 0 Å². The monoisotopic (exact) mass is 397 g/mol. The summed E-state index contributed by atoms with van der Waals surface area (Å²) in [4.78, 5) is 0.121. The summed E-state index contributed by atoms with van der Waals surface area (Å²) in [6.07, 6.45) is 0. The van der Waals surface area contributed by atoms with Gasteiger partial charge < -0.3 is 5.11 Å². The molecule has 1 heterocycles. The standard InChI is InChI=1S/C12H10BrF2NO3S2/c1-6-5-20-11(4-17)12(6)21(18,19)16-10-3-8(14)7(13)2-9(10)15/h2-3,5,16-17H,4H2,1H3. The lowest BCUT2D eigenvalue weighted by Crippen LogP contribution is -2.16. The Hall–Kier alpha value is -1.03. The first-order valence-corrected chi connectivity index (χ1v) is 8.77. The predicted octanol–water partition coefficient (Wildman–Crippen LogP) is 3.39. The summed E-state index contributed by atoms with van der Waals surface area (Å²) in [5, 5.41) is 10.7. The molecule has 0 saturated heterocycles. The van der Waals surface area contributed by atoms with Crippen LogP contribution in [0.4, 0.5) is 14.5 Å². The molecule has 0 aliphatic carbocycles. The van der Waals surface area contributed by atoms with Gasteiger partial charge in [0.2, 0.25) is 0 Å². The van der Waals surface area contributed by atoms with Gasteiger partial charge in [-0.1, -0.05) is 0 Å². The lowest BCUT2D eigenvalue weighted by atomic mass is 10.3. The van der Waals surface area contributed by atoms with E-state index in [1.165, 1.54) is 0 Å². The number of thiophene rings is 1. The van der Waals surface area contributed by atoms with Crippen LogP contribution in [0.1, 0.15) is 10.4 Å². The van der Waals surface area contributed by atoms with Gasteiger partial charge in [0.25, 0.3) is 10.0 Å². The molecule has 2 rings (SSSR count). The Morgan fingerprint density at radius 1 is 1.33 bits per heavy atom. The maximum atomic E-state index is 13.7. The summed E-state index contributed by atoms with van der Waals surface area (Å²) in [5.41, 5.74) is -0.0697. The molecule has 0 fully saturated rings. The summed E-state index contributed by atoms with van der Waals surface area (Å²) >= 11 is 3.89. The van der Waals surface area contributed by atoms with Gasteiger partial charge in [0.1, 0.15) is 16.5 Å². The Morgan fingerprint density at radius 2 is 2.00 bits per heavy atom. The first-order valence-electron chi connectivity index (χ1n) is 5.61. The first kappa shape index (κ1) is 16.3. The molecule has 0 amide bonds. The molecule has 0 bridgehead atoms. The van der Waals surface area contributed by atoms with E-state index in [2.05, 4.69) is 15.9 Å². The molecule has 4 nitrogen and oxygen atoms in total. The highest BCUT2D eigenvalue weighted by atomic mass is 79.9. The van der Waals surface area contributed by atoms with Crippen molar-refractivity contribution in [1.29, 1.82) is 0 Å². The lowest BCUT2D eigenvalue weighted by molar-refractivity contribution is 0.282. The van der Waals surface area contributed by atoms with Gasteiger partial charge in [-0.15, -0.1) is 11.3 Å². The molecule has 21 heavy (non-hydrogen) atoms. The van der Waals surface area contributed by atoms with Crippen LogP contribution in [-0.2, 0) is 16.6 Å². The van der Waals surface area contributed by atoms with Gasteiger partial charge >= 0.3 is 0 Å². The van der Waals surface area contributed by atoms with Crippen molar-refractivity contribution in [2.24, 2.45) is 0 Å². The summed E-state index contributed by atoms with van der Waals surface area (Å²) in [7, 11) is -4.12. The van der Waals surface area contributed by atoms with Crippen LogP contribution in [0.3, 0.4) is 0 Å². The van der Waals surface area contributed by atoms with Crippen LogP contribution in [0.25, 0.3) is 0 Å². The highest BCUT2D eigenvalue weighted by molar-refractivity contribution is 9.10. The fourth-order valence-electron chi connectivity index (χ4n) is 1.75.